The van der Waals surface area contributed by atoms with Crippen molar-refractivity contribution in [2.45, 2.75) is 25.3 Å². The molecule has 1 atom stereocenters. The van der Waals surface area contributed by atoms with Crippen molar-refractivity contribution in [1.82, 2.24) is 9.88 Å². The molecule has 1 amide bonds. The van der Waals surface area contributed by atoms with Crippen molar-refractivity contribution in [2.24, 2.45) is 0 Å². The minimum atomic E-state index is -0.0803. The quantitative estimate of drug-likeness (QED) is 0.633. The third-order valence-electron chi connectivity index (χ3n) is 4.68. The van der Waals surface area contributed by atoms with Crippen molar-refractivity contribution in [2.75, 3.05) is 12.4 Å². The van der Waals surface area contributed by atoms with Crippen molar-refractivity contribution >= 4 is 28.6 Å². The number of aromatic nitrogens is 1. The monoisotopic (exact) mass is 354 g/mol. The normalized spacial score (nSPS) is 17.3. The number of carbonyl (C=O) groups is 1. The molecule has 1 fully saturated rings. The number of halogens is 1. The van der Waals surface area contributed by atoms with Crippen LogP contribution in [-0.4, -0.2) is 28.2 Å². The van der Waals surface area contributed by atoms with Gasteiger partial charge in [-0.25, -0.2) is 4.98 Å². The summed E-state index contributed by atoms with van der Waals surface area (Å²) in [5, 5.41) is 0. The molecule has 0 bridgehead atoms. The minimum Gasteiger partial charge on any atom is -0.438 e. The van der Waals surface area contributed by atoms with E-state index in [1.165, 1.54) is 0 Å². The van der Waals surface area contributed by atoms with Crippen LogP contribution >= 0.6 is 11.6 Å². The number of hydrogen-bond acceptors (Lipinski definition) is 3. The highest BCUT2D eigenvalue weighted by molar-refractivity contribution is 6.18. The van der Waals surface area contributed by atoms with Gasteiger partial charge in [-0.3, -0.25) is 4.79 Å². The summed E-state index contributed by atoms with van der Waals surface area (Å²) in [5.74, 6) is 1.04. The number of amides is 1. The highest BCUT2D eigenvalue weighted by Gasteiger charge is 2.33. The molecule has 2 aromatic carbocycles. The predicted octanol–water partition coefficient (Wildman–Crippen LogP) is 4.79. The SMILES string of the molecule is O=C(CCCl)N1CCCC1c1nc2cc(-c3ccccc3)ccc2o1. The summed E-state index contributed by atoms with van der Waals surface area (Å²) in [4.78, 5) is 18.8. The topological polar surface area (TPSA) is 46.3 Å². The van der Waals surface area contributed by atoms with Crippen LogP contribution in [0.3, 0.4) is 0 Å². The van der Waals surface area contributed by atoms with Crippen LogP contribution in [0.1, 0.15) is 31.2 Å². The summed E-state index contributed by atoms with van der Waals surface area (Å²) >= 11 is 5.72. The first-order valence-electron chi connectivity index (χ1n) is 8.57. The molecule has 2 heterocycles. The van der Waals surface area contributed by atoms with Gasteiger partial charge in [0.15, 0.2) is 5.58 Å². The van der Waals surface area contributed by atoms with Crippen LogP contribution in [0, 0.1) is 0 Å². The molecule has 0 radical (unpaired) electrons. The molecule has 1 aromatic heterocycles. The lowest BCUT2D eigenvalue weighted by Gasteiger charge is -2.21. The maximum atomic E-state index is 12.3. The summed E-state index contributed by atoms with van der Waals surface area (Å²) < 4.78 is 5.96. The second-order valence-corrected chi connectivity index (χ2v) is 6.66. The van der Waals surface area contributed by atoms with Crippen molar-refractivity contribution < 1.29 is 9.21 Å². The zero-order valence-electron chi connectivity index (χ0n) is 13.8. The highest BCUT2D eigenvalue weighted by atomic mass is 35.5. The Labute approximate surface area is 151 Å². The third kappa shape index (κ3) is 3.14. The first-order valence-corrected chi connectivity index (χ1v) is 9.11. The molecule has 1 unspecified atom stereocenters. The lowest BCUT2D eigenvalue weighted by Crippen LogP contribution is -2.30. The Bertz CT molecular complexity index is 891. The molecule has 3 aromatic rings. The number of carbonyl (C=O) groups excluding carboxylic acids is 1. The maximum Gasteiger partial charge on any atom is 0.224 e. The summed E-state index contributed by atoms with van der Waals surface area (Å²) in [6.45, 7) is 0.744. The lowest BCUT2D eigenvalue weighted by molar-refractivity contribution is -0.132. The Morgan fingerprint density at radius 1 is 1.20 bits per heavy atom. The van der Waals surface area contributed by atoms with Gasteiger partial charge in [-0.2, -0.15) is 0 Å². The lowest BCUT2D eigenvalue weighted by atomic mass is 10.1. The number of fused-ring (bicyclic) bond motifs is 1. The maximum absolute atomic E-state index is 12.3. The van der Waals surface area contributed by atoms with Gasteiger partial charge in [-0.1, -0.05) is 36.4 Å². The van der Waals surface area contributed by atoms with Crippen LogP contribution in [0.15, 0.2) is 52.9 Å². The van der Waals surface area contributed by atoms with Gasteiger partial charge in [0, 0.05) is 18.8 Å². The number of nitrogens with zero attached hydrogens (tertiary/aromatic N) is 2. The van der Waals surface area contributed by atoms with Gasteiger partial charge in [0.25, 0.3) is 0 Å². The van der Waals surface area contributed by atoms with E-state index in [1.807, 2.05) is 41.3 Å². The largest absolute Gasteiger partial charge is 0.438 e. The Kier molecular flexibility index (Phi) is 4.45. The number of likely N-dealkylation sites (tertiary alicyclic amines) is 1. The molecule has 25 heavy (non-hydrogen) atoms. The molecule has 0 aliphatic carbocycles. The second kappa shape index (κ2) is 6.89. The van der Waals surface area contributed by atoms with Crippen molar-refractivity contribution in [3.05, 3.63) is 54.4 Å². The molecule has 1 saturated heterocycles. The van der Waals surface area contributed by atoms with Gasteiger partial charge >= 0.3 is 0 Å². The van der Waals surface area contributed by atoms with Gasteiger partial charge in [-0.15, -0.1) is 11.6 Å². The fourth-order valence-corrected chi connectivity index (χ4v) is 3.61. The summed E-state index contributed by atoms with van der Waals surface area (Å²) in [5.41, 5.74) is 3.84. The first kappa shape index (κ1) is 16.2. The summed E-state index contributed by atoms with van der Waals surface area (Å²) in [7, 11) is 0. The van der Waals surface area contributed by atoms with E-state index in [0.29, 0.717) is 18.2 Å². The average Bonchev–Trinajstić information content (AvgIpc) is 3.28. The van der Waals surface area contributed by atoms with E-state index < -0.39 is 0 Å². The van der Waals surface area contributed by atoms with E-state index in [0.717, 1.165) is 41.6 Å². The molecule has 0 saturated carbocycles. The van der Waals surface area contributed by atoms with Crippen LogP contribution in [0.2, 0.25) is 0 Å². The fourth-order valence-electron chi connectivity index (χ4n) is 3.44. The first-order chi connectivity index (χ1) is 12.3. The predicted molar refractivity (Wildman–Crippen MR) is 98.5 cm³/mol. The van der Waals surface area contributed by atoms with Crippen molar-refractivity contribution in [1.29, 1.82) is 0 Å². The number of rotatable bonds is 4. The van der Waals surface area contributed by atoms with E-state index in [1.54, 1.807) is 0 Å². The highest BCUT2D eigenvalue weighted by Crippen LogP contribution is 2.34. The standard InChI is InChI=1S/C20H19ClN2O2/c21-11-10-19(24)23-12-4-7-17(23)20-22-16-13-15(8-9-18(16)25-20)14-5-2-1-3-6-14/h1-3,5-6,8-9,13,17H,4,7,10-12H2. The Morgan fingerprint density at radius 2 is 2.04 bits per heavy atom. The molecule has 4 nitrogen and oxygen atoms in total. The average molecular weight is 355 g/mol. The molecule has 0 N–H and O–H groups in total. The van der Waals surface area contributed by atoms with Crippen molar-refractivity contribution in [3.63, 3.8) is 0 Å². The van der Waals surface area contributed by atoms with Crippen LogP contribution in [-0.2, 0) is 4.79 Å². The van der Waals surface area contributed by atoms with Crippen LogP contribution in [0.4, 0.5) is 0 Å². The number of alkyl halides is 1. The number of oxazole rings is 1. The molecule has 1 aliphatic heterocycles. The van der Waals surface area contributed by atoms with Crippen LogP contribution in [0.5, 0.6) is 0 Å². The van der Waals surface area contributed by atoms with E-state index >= 15 is 0 Å². The number of hydrogen-bond donors (Lipinski definition) is 0. The molecule has 4 rings (SSSR count). The molecule has 128 valence electrons. The van der Waals surface area contributed by atoms with Gasteiger partial charge in [0.05, 0.1) is 0 Å². The summed E-state index contributed by atoms with van der Waals surface area (Å²) in [6, 6.07) is 16.1. The van der Waals surface area contributed by atoms with E-state index in [-0.39, 0.29) is 11.9 Å². The van der Waals surface area contributed by atoms with Gasteiger partial charge in [-0.05, 0) is 36.1 Å². The Balaban J connectivity index is 1.66. The fraction of sp³-hybridized carbons (Fsp3) is 0.300. The zero-order chi connectivity index (χ0) is 17.2. The van der Waals surface area contributed by atoms with Gasteiger partial charge in [0.2, 0.25) is 11.8 Å². The molecule has 1 aliphatic rings. The minimum absolute atomic E-state index is 0.0738. The van der Waals surface area contributed by atoms with Crippen molar-refractivity contribution in [3.8, 4) is 11.1 Å². The summed E-state index contributed by atoms with van der Waals surface area (Å²) in [6.07, 6.45) is 2.20. The van der Waals surface area contributed by atoms with E-state index in [4.69, 9.17) is 16.0 Å². The Hall–Kier alpha value is -2.33. The molecular formula is C20H19ClN2O2. The van der Waals surface area contributed by atoms with E-state index in [2.05, 4.69) is 17.1 Å². The third-order valence-corrected chi connectivity index (χ3v) is 4.87. The molecular weight excluding hydrogens is 336 g/mol. The van der Waals surface area contributed by atoms with Crippen LogP contribution in [0.25, 0.3) is 22.2 Å². The van der Waals surface area contributed by atoms with Crippen LogP contribution < -0.4 is 0 Å². The van der Waals surface area contributed by atoms with Gasteiger partial charge < -0.3 is 9.32 Å². The molecule has 5 heteroatoms. The molecule has 0 spiro atoms. The number of benzene rings is 2. The zero-order valence-corrected chi connectivity index (χ0v) is 14.6. The second-order valence-electron chi connectivity index (χ2n) is 6.28. The smallest absolute Gasteiger partial charge is 0.224 e. The van der Waals surface area contributed by atoms with Gasteiger partial charge in [0.1, 0.15) is 11.6 Å². The Morgan fingerprint density at radius 3 is 2.84 bits per heavy atom. The van der Waals surface area contributed by atoms with E-state index in [9.17, 15) is 4.79 Å².